The third kappa shape index (κ3) is 3.64. The van der Waals surface area contributed by atoms with Crippen LogP contribution in [0, 0.1) is 11.3 Å². The van der Waals surface area contributed by atoms with Gasteiger partial charge in [-0.25, -0.2) is 0 Å². The standard InChI is InChI=1S/C22H16N6/c23-14-17(13-16-9-6-8-15-7-4-5-12-19(15)16)20-26-21(24)28-22(27-20)25-18-10-2-1-3-11-18/h1-13H,(H3,24,25,26,27,28)/b17-13+. The summed E-state index contributed by atoms with van der Waals surface area (Å²) in [5.74, 6) is 0.552. The molecule has 0 unspecified atom stereocenters. The zero-order valence-corrected chi connectivity index (χ0v) is 14.9. The highest BCUT2D eigenvalue weighted by Gasteiger charge is 2.11. The van der Waals surface area contributed by atoms with Gasteiger partial charge in [0.05, 0.1) is 5.57 Å². The number of aromatic nitrogens is 3. The van der Waals surface area contributed by atoms with Crippen LogP contribution in [0.25, 0.3) is 22.4 Å². The summed E-state index contributed by atoms with van der Waals surface area (Å²) >= 11 is 0. The van der Waals surface area contributed by atoms with Crippen molar-refractivity contribution in [2.45, 2.75) is 0 Å². The number of anilines is 3. The van der Waals surface area contributed by atoms with Crippen LogP contribution in [-0.2, 0) is 0 Å². The lowest BCUT2D eigenvalue weighted by Gasteiger charge is -2.07. The van der Waals surface area contributed by atoms with Crippen LogP contribution in [0.15, 0.2) is 72.8 Å². The molecule has 6 heteroatoms. The highest BCUT2D eigenvalue weighted by Crippen LogP contribution is 2.24. The van der Waals surface area contributed by atoms with Crippen LogP contribution in [0.3, 0.4) is 0 Å². The molecule has 0 saturated heterocycles. The molecule has 3 aromatic carbocycles. The smallest absolute Gasteiger partial charge is 0.232 e. The quantitative estimate of drug-likeness (QED) is 0.520. The summed E-state index contributed by atoms with van der Waals surface area (Å²) in [6.07, 6.45) is 1.77. The van der Waals surface area contributed by atoms with Gasteiger partial charge in [0.15, 0.2) is 5.82 Å². The fourth-order valence-corrected chi connectivity index (χ4v) is 2.90. The first-order valence-corrected chi connectivity index (χ1v) is 8.66. The van der Waals surface area contributed by atoms with Crippen molar-refractivity contribution in [3.05, 3.63) is 84.2 Å². The average molecular weight is 364 g/mol. The Morgan fingerprint density at radius 1 is 0.893 bits per heavy atom. The molecular weight excluding hydrogens is 348 g/mol. The number of allylic oxidation sites excluding steroid dienone is 1. The van der Waals surface area contributed by atoms with E-state index in [9.17, 15) is 5.26 Å². The molecule has 0 aliphatic heterocycles. The summed E-state index contributed by atoms with van der Waals surface area (Å²) in [6.45, 7) is 0. The van der Waals surface area contributed by atoms with Crippen molar-refractivity contribution in [1.82, 2.24) is 15.0 Å². The number of rotatable bonds is 4. The summed E-state index contributed by atoms with van der Waals surface area (Å²) in [4.78, 5) is 12.6. The normalized spacial score (nSPS) is 11.2. The molecule has 0 aliphatic carbocycles. The Morgan fingerprint density at radius 3 is 2.46 bits per heavy atom. The molecule has 6 nitrogen and oxygen atoms in total. The fraction of sp³-hybridized carbons (Fsp3) is 0. The number of para-hydroxylation sites is 1. The van der Waals surface area contributed by atoms with E-state index in [2.05, 4.69) is 26.3 Å². The molecule has 1 heterocycles. The lowest BCUT2D eigenvalue weighted by Crippen LogP contribution is -2.06. The van der Waals surface area contributed by atoms with E-state index in [0.29, 0.717) is 5.57 Å². The molecular formula is C22H16N6. The molecule has 1 aromatic heterocycles. The number of nitrogen functional groups attached to an aromatic ring is 1. The highest BCUT2D eigenvalue weighted by molar-refractivity contribution is 5.97. The summed E-state index contributed by atoms with van der Waals surface area (Å²) in [5.41, 5.74) is 7.88. The molecule has 0 spiro atoms. The Morgan fingerprint density at radius 2 is 1.64 bits per heavy atom. The molecule has 0 bridgehead atoms. The second-order valence-corrected chi connectivity index (χ2v) is 6.07. The first kappa shape index (κ1) is 17.2. The van der Waals surface area contributed by atoms with Gasteiger partial charge in [0.2, 0.25) is 11.9 Å². The molecule has 4 aromatic rings. The maximum absolute atomic E-state index is 9.70. The van der Waals surface area contributed by atoms with Crippen molar-refractivity contribution >= 4 is 40.0 Å². The van der Waals surface area contributed by atoms with E-state index in [1.807, 2.05) is 72.8 Å². The van der Waals surface area contributed by atoms with Crippen LogP contribution in [0.4, 0.5) is 17.6 Å². The zero-order valence-electron chi connectivity index (χ0n) is 14.9. The fourth-order valence-electron chi connectivity index (χ4n) is 2.90. The van der Waals surface area contributed by atoms with E-state index in [1.165, 1.54) is 0 Å². The number of hydrogen-bond donors (Lipinski definition) is 2. The van der Waals surface area contributed by atoms with E-state index in [0.717, 1.165) is 22.0 Å². The van der Waals surface area contributed by atoms with Crippen LogP contribution in [-0.4, -0.2) is 15.0 Å². The Bertz CT molecular complexity index is 1200. The van der Waals surface area contributed by atoms with Crippen molar-refractivity contribution in [1.29, 1.82) is 5.26 Å². The van der Waals surface area contributed by atoms with Crippen molar-refractivity contribution in [2.24, 2.45) is 0 Å². The average Bonchev–Trinajstić information content (AvgIpc) is 2.72. The van der Waals surface area contributed by atoms with Crippen molar-refractivity contribution in [3.63, 3.8) is 0 Å². The maximum Gasteiger partial charge on any atom is 0.232 e. The largest absolute Gasteiger partial charge is 0.368 e. The summed E-state index contributed by atoms with van der Waals surface area (Å²) in [7, 11) is 0. The van der Waals surface area contributed by atoms with E-state index < -0.39 is 0 Å². The number of hydrogen-bond acceptors (Lipinski definition) is 6. The van der Waals surface area contributed by atoms with Gasteiger partial charge >= 0.3 is 0 Å². The first-order valence-electron chi connectivity index (χ1n) is 8.66. The molecule has 0 saturated carbocycles. The van der Waals surface area contributed by atoms with Gasteiger partial charge in [0.25, 0.3) is 0 Å². The molecule has 28 heavy (non-hydrogen) atoms. The number of benzene rings is 3. The van der Waals surface area contributed by atoms with E-state index in [4.69, 9.17) is 5.73 Å². The third-order valence-corrected chi connectivity index (χ3v) is 4.17. The SMILES string of the molecule is N#C/C(=C\c1cccc2ccccc12)c1nc(N)nc(Nc2ccccc2)n1. The molecule has 0 fully saturated rings. The molecule has 0 aliphatic rings. The minimum Gasteiger partial charge on any atom is -0.368 e. The number of nitriles is 1. The van der Waals surface area contributed by atoms with E-state index in [-0.39, 0.29) is 17.7 Å². The molecule has 4 rings (SSSR count). The van der Waals surface area contributed by atoms with Gasteiger partial charge < -0.3 is 11.1 Å². The maximum atomic E-state index is 9.70. The predicted molar refractivity (Wildman–Crippen MR) is 111 cm³/mol. The van der Waals surface area contributed by atoms with Crippen LogP contribution >= 0.6 is 0 Å². The van der Waals surface area contributed by atoms with Crippen molar-refractivity contribution < 1.29 is 0 Å². The second-order valence-electron chi connectivity index (χ2n) is 6.07. The molecule has 0 atom stereocenters. The molecule has 134 valence electrons. The Labute approximate surface area is 162 Å². The first-order chi connectivity index (χ1) is 13.7. The van der Waals surface area contributed by atoms with Crippen molar-refractivity contribution in [2.75, 3.05) is 11.1 Å². The lowest BCUT2D eigenvalue weighted by molar-refractivity contribution is 1.04. The minimum absolute atomic E-state index is 0.0440. The predicted octanol–water partition coefficient (Wildman–Crippen LogP) is 4.41. The molecule has 0 amide bonds. The second kappa shape index (κ2) is 7.56. The van der Waals surface area contributed by atoms with Crippen molar-refractivity contribution in [3.8, 4) is 6.07 Å². The van der Waals surface area contributed by atoms with Crippen LogP contribution < -0.4 is 11.1 Å². The Kier molecular flexibility index (Phi) is 4.64. The minimum atomic E-state index is 0.0440. The summed E-state index contributed by atoms with van der Waals surface area (Å²) < 4.78 is 0. The number of nitrogens with zero attached hydrogens (tertiary/aromatic N) is 4. The molecule has 0 radical (unpaired) electrons. The van der Waals surface area contributed by atoms with Gasteiger partial charge in [0, 0.05) is 5.69 Å². The Hall–Kier alpha value is -4.24. The van der Waals surface area contributed by atoms with Gasteiger partial charge in [0.1, 0.15) is 6.07 Å². The number of fused-ring (bicyclic) bond motifs is 1. The van der Waals surface area contributed by atoms with Crippen LogP contribution in [0.5, 0.6) is 0 Å². The third-order valence-electron chi connectivity index (χ3n) is 4.17. The van der Waals surface area contributed by atoms with E-state index >= 15 is 0 Å². The van der Waals surface area contributed by atoms with Gasteiger partial charge in [-0.1, -0.05) is 60.7 Å². The highest BCUT2D eigenvalue weighted by atomic mass is 15.2. The van der Waals surface area contributed by atoms with Crippen LogP contribution in [0.1, 0.15) is 11.4 Å². The monoisotopic (exact) mass is 364 g/mol. The summed E-state index contributed by atoms with van der Waals surface area (Å²) in [5, 5.41) is 14.9. The lowest BCUT2D eigenvalue weighted by atomic mass is 10.0. The van der Waals surface area contributed by atoms with Gasteiger partial charge in [-0.2, -0.15) is 20.2 Å². The topological polar surface area (TPSA) is 101 Å². The number of nitrogens with two attached hydrogens (primary N) is 1. The zero-order chi connectivity index (χ0) is 19.3. The Balaban J connectivity index is 1.76. The van der Waals surface area contributed by atoms with Gasteiger partial charge in [-0.15, -0.1) is 0 Å². The molecule has 3 N–H and O–H groups in total. The van der Waals surface area contributed by atoms with E-state index in [1.54, 1.807) is 6.08 Å². The van der Waals surface area contributed by atoms with Crippen LogP contribution in [0.2, 0.25) is 0 Å². The van der Waals surface area contributed by atoms with Gasteiger partial charge in [-0.3, -0.25) is 0 Å². The summed E-state index contributed by atoms with van der Waals surface area (Å²) in [6, 6.07) is 25.6. The number of nitrogens with one attached hydrogen (secondary N) is 1. The van der Waals surface area contributed by atoms with Gasteiger partial charge in [-0.05, 0) is 34.5 Å².